The molecule has 0 spiro atoms. The molecule has 0 aliphatic heterocycles. The lowest BCUT2D eigenvalue weighted by Gasteiger charge is -1.91. The highest BCUT2D eigenvalue weighted by atomic mass is 15.2. The fraction of sp³-hybridized carbons (Fsp3) is 0. The largest absolute Gasteiger partial charge is 0.322 e. The van der Waals surface area contributed by atoms with E-state index in [0.717, 1.165) is 28.0 Å². The number of imidazole rings is 2. The van der Waals surface area contributed by atoms with Crippen molar-refractivity contribution in [2.75, 3.05) is 0 Å². The van der Waals surface area contributed by atoms with Gasteiger partial charge in [-0.3, -0.25) is 4.40 Å². The van der Waals surface area contributed by atoms with Gasteiger partial charge in [0.05, 0.1) is 16.6 Å². The Kier molecular flexibility index (Phi) is 1.28. The lowest BCUT2D eigenvalue weighted by atomic mass is 10.3. The first-order valence-electron chi connectivity index (χ1n) is 5.13. The molecule has 0 bridgehead atoms. The summed E-state index contributed by atoms with van der Waals surface area (Å²) in [5.74, 6) is 0.843. The second kappa shape index (κ2) is 2.61. The molecular formula is C12H8N4. The number of nitrogens with one attached hydrogen (secondary N) is 1. The van der Waals surface area contributed by atoms with E-state index in [0.29, 0.717) is 0 Å². The molecule has 0 saturated heterocycles. The second-order valence-electron chi connectivity index (χ2n) is 3.76. The average Bonchev–Trinajstić information content (AvgIpc) is 2.83. The van der Waals surface area contributed by atoms with Gasteiger partial charge in [0.2, 0.25) is 5.78 Å². The van der Waals surface area contributed by atoms with Crippen LogP contribution in [0.3, 0.4) is 0 Å². The molecule has 1 aromatic carbocycles. The third kappa shape index (κ3) is 0.839. The van der Waals surface area contributed by atoms with E-state index in [4.69, 9.17) is 0 Å². The maximum atomic E-state index is 4.52. The van der Waals surface area contributed by atoms with E-state index >= 15 is 0 Å². The van der Waals surface area contributed by atoms with Crippen LogP contribution in [0, 0.1) is 0 Å². The Bertz CT molecular complexity index is 744. The summed E-state index contributed by atoms with van der Waals surface area (Å²) in [7, 11) is 0. The summed E-state index contributed by atoms with van der Waals surface area (Å²) >= 11 is 0. The standard InChI is InChI=1S/C12H8N4/c1-2-6-10-8(4-1)14-12-15-9-5-3-7-13-11(9)16(10)12/h1-7H,(H,14,15). The molecule has 1 N–H and O–H groups in total. The van der Waals surface area contributed by atoms with Crippen molar-refractivity contribution in [3.05, 3.63) is 42.6 Å². The Labute approximate surface area is 90.6 Å². The number of nitrogens with zero attached hydrogens (tertiary/aromatic N) is 3. The van der Waals surface area contributed by atoms with Gasteiger partial charge in [-0.2, -0.15) is 0 Å². The van der Waals surface area contributed by atoms with Crippen molar-refractivity contribution in [3.8, 4) is 0 Å². The lowest BCUT2D eigenvalue weighted by molar-refractivity contribution is 1.23. The molecule has 0 aliphatic carbocycles. The van der Waals surface area contributed by atoms with Crippen molar-refractivity contribution in [2.45, 2.75) is 0 Å². The monoisotopic (exact) mass is 208 g/mol. The van der Waals surface area contributed by atoms with Gasteiger partial charge in [-0.25, -0.2) is 9.97 Å². The van der Waals surface area contributed by atoms with Crippen LogP contribution in [0.15, 0.2) is 42.6 Å². The normalized spacial score (nSPS) is 11.8. The Morgan fingerprint density at radius 1 is 1.06 bits per heavy atom. The van der Waals surface area contributed by atoms with Gasteiger partial charge in [-0.1, -0.05) is 12.1 Å². The molecule has 0 saturated carbocycles. The highest BCUT2D eigenvalue weighted by Gasteiger charge is 2.09. The molecule has 4 nitrogen and oxygen atoms in total. The van der Waals surface area contributed by atoms with E-state index in [9.17, 15) is 0 Å². The van der Waals surface area contributed by atoms with Gasteiger partial charge < -0.3 is 4.98 Å². The molecular weight excluding hydrogens is 200 g/mol. The average molecular weight is 208 g/mol. The number of hydrogen-bond donors (Lipinski definition) is 1. The van der Waals surface area contributed by atoms with Crippen LogP contribution in [-0.2, 0) is 0 Å². The number of aromatic amines is 1. The number of para-hydroxylation sites is 2. The number of benzene rings is 1. The number of fused-ring (bicyclic) bond motifs is 5. The van der Waals surface area contributed by atoms with Crippen LogP contribution in [-0.4, -0.2) is 19.4 Å². The number of H-pyrrole nitrogens is 1. The van der Waals surface area contributed by atoms with E-state index in [1.807, 2.05) is 34.7 Å². The summed E-state index contributed by atoms with van der Waals surface area (Å²) in [5, 5.41) is 0. The third-order valence-corrected chi connectivity index (χ3v) is 2.81. The maximum Gasteiger partial charge on any atom is 0.214 e. The van der Waals surface area contributed by atoms with Crippen molar-refractivity contribution in [1.29, 1.82) is 0 Å². The molecule has 3 heterocycles. The van der Waals surface area contributed by atoms with Gasteiger partial charge >= 0.3 is 0 Å². The molecule has 4 heteroatoms. The number of pyridine rings is 1. The fourth-order valence-corrected chi connectivity index (χ4v) is 2.12. The van der Waals surface area contributed by atoms with Crippen molar-refractivity contribution < 1.29 is 0 Å². The summed E-state index contributed by atoms with van der Waals surface area (Å²) in [6, 6.07) is 12.0. The van der Waals surface area contributed by atoms with Gasteiger partial charge in [0.25, 0.3) is 0 Å². The van der Waals surface area contributed by atoms with Gasteiger partial charge in [-0.15, -0.1) is 0 Å². The molecule has 0 amide bonds. The molecule has 0 radical (unpaired) electrons. The Morgan fingerprint density at radius 2 is 2.00 bits per heavy atom. The summed E-state index contributed by atoms with van der Waals surface area (Å²) in [4.78, 5) is 12.2. The maximum absolute atomic E-state index is 4.52. The highest BCUT2D eigenvalue weighted by Crippen LogP contribution is 2.20. The molecule has 76 valence electrons. The second-order valence-corrected chi connectivity index (χ2v) is 3.76. The van der Waals surface area contributed by atoms with Gasteiger partial charge in [-0.05, 0) is 24.3 Å². The van der Waals surface area contributed by atoms with E-state index in [2.05, 4.69) is 21.0 Å². The molecule has 4 aromatic rings. The smallest absolute Gasteiger partial charge is 0.214 e. The number of aromatic nitrogens is 4. The SMILES string of the molecule is c1ccc2c(c1)nc1[nH]c3cccnc3n12. The van der Waals surface area contributed by atoms with E-state index in [1.165, 1.54) is 0 Å². The first-order chi connectivity index (χ1) is 7.93. The van der Waals surface area contributed by atoms with Gasteiger partial charge in [0.15, 0.2) is 5.65 Å². The van der Waals surface area contributed by atoms with Crippen LogP contribution in [0.1, 0.15) is 0 Å². The summed E-state index contributed by atoms with van der Waals surface area (Å²) in [5.41, 5.74) is 4.01. The highest BCUT2D eigenvalue weighted by molar-refractivity contribution is 5.87. The molecule has 0 atom stereocenters. The van der Waals surface area contributed by atoms with Gasteiger partial charge in [0, 0.05) is 6.20 Å². The minimum absolute atomic E-state index is 0.843. The third-order valence-electron chi connectivity index (χ3n) is 2.81. The quantitative estimate of drug-likeness (QED) is 0.482. The fourth-order valence-electron chi connectivity index (χ4n) is 2.12. The summed E-state index contributed by atoms with van der Waals surface area (Å²) in [6.07, 6.45) is 1.80. The van der Waals surface area contributed by atoms with Crippen LogP contribution < -0.4 is 0 Å². The Hall–Kier alpha value is -2.36. The van der Waals surface area contributed by atoms with Crippen LogP contribution in [0.5, 0.6) is 0 Å². The molecule has 4 rings (SSSR count). The lowest BCUT2D eigenvalue weighted by Crippen LogP contribution is -1.82. The summed E-state index contributed by atoms with van der Waals surface area (Å²) < 4.78 is 2.05. The molecule has 0 unspecified atom stereocenters. The van der Waals surface area contributed by atoms with Crippen molar-refractivity contribution in [1.82, 2.24) is 19.4 Å². The van der Waals surface area contributed by atoms with E-state index in [-0.39, 0.29) is 0 Å². The number of hydrogen-bond acceptors (Lipinski definition) is 2. The zero-order valence-corrected chi connectivity index (χ0v) is 8.38. The molecule has 3 aromatic heterocycles. The van der Waals surface area contributed by atoms with Crippen molar-refractivity contribution in [3.63, 3.8) is 0 Å². The zero-order valence-electron chi connectivity index (χ0n) is 8.38. The van der Waals surface area contributed by atoms with Crippen LogP contribution in [0.2, 0.25) is 0 Å². The Balaban J connectivity index is 2.38. The summed E-state index contributed by atoms with van der Waals surface area (Å²) in [6.45, 7) is 0. The van der Waals surface area contributed by atoms with E-state index in [1.54, 1.807) is 6.20 Å². The topological polar surface area (TPSA) is 46.0 Å². The molecule has 0 fully saturated rings. The minimum Gasteiger partial charge on any atom is -0.322 e. The van der Waals surface area contributed by atoms with Crippen molar-refractivity contribution >= 4 is 28.0 Å². The molecule has 16 heavy (non-hydrogen) atoms. The first-order valence-corrected chi connectivity index (χ1v) is 5.13. The minimum atomic E-state index is 0.843. The van der Waals surface area contributed by atoms with Gasteiger partial charge in [0.1, 0.15) is 0 Å². The number of rotatable bonds is 0. The van der Waals surface area contributed by atoms with Crippen LogP contribution >= 0.6 is 0 Å². The first kappa shape index (κ1) is 7.87. The Morgan fingerprint density at radius 3 is 3.00 bits per heavy atom. The van der Waals surface area contributed by atoms with E-state index < -0.39 is 0 Å². The molecule has 0 aliphatic rings. The predicted octanol–water partition coefficient (Wildman–Crippen LogP) is 2.36. The zero-order chi connectivity index (χ0) is 10.5. The predicted molar refractivity (Wildman–Crippen MR) is 62.3 cm³/mol. The van der Waals surface area contributed by atoms with Crippen LogP contribution in [0.4, 0.5) is 0 Å². The van der Waals surface area contributed by atoms with Crippen LogP contribution in [0.25, 0.3) is 28.0 Å². The van der Waals surface area contributed by atoms with Crippen molar-refractivity contribution in [2.24, 2.45) is 0 Å².